The molecule has 12 heteroatoms. The predicted molar refractivity (Wildman–Crippen MR) is 202 cm³/mol. The van der Waals surface area contributed by atoms with Crippen LogP contribution < -0.4 is 19.4 Å². The summed E-state index contributed by atoms with van der Waals surface area (Å²) in [7, 11) is 0. The summed E-state index contributed by atoms with van der Waals surface area (Å²) in [5, 5.41) is 9.73. The minimum atomic E-state index is -1.03. The molecule has 0 spiro atoms. The number of fused-ring (bicyclic) bond motifs is 1. The molecule has 0 saturated carbocycles. The SMILES string of the molecule is CCC(C)CCC1N=CN(c2ccc(N3CCN(c4ccc(OCC5COC(Cn6nccn6)(c6ccc7cc[nH]c7c6)O5)cc4)CC3)cc2)C1=O. The molecule has 2 aromatic heterocycles. The van der Waals surface area contributed by atoms with Crippen molar-refractivity contribution in [2.24, 2.45) is 10.9 Å². The Morgan fingerprint density at radius 1 is 0.923 bits per heavy atom. The summed E-state index contributed by atoms with van der Waals surface area (Å²) in [5.74, 6) is 0.442. The first-order valence-electron chi connectivity index (χ1n) is 18.4. The third kappa shape index (κ3) is 7.13. The first-order chi connectivity index (χ1) is 25.5. The molecular weight excluding hydrogens is 656 g/mol. The maximum absolute atomic E-state index is 13.0. The fourth-order valence-electron chi connectivity index (χ4n) is 7.22. The normalized spacial score (nSPS) is 22.5. The Morgan fingerprint density at radius 3 is 2.33 bits per heavy atom. The number of H-pyrrole nitrogens is 1. The van der Waals surface area contributed by atoms with Crippen molar-refractivity contribution in [1.82, 2.24) is 20.0 Å². The van der Waals surface area contributed by atoms with Gasteiger partial charge in [-0.15, -0.1) is 0 Å². The van der Waals surface area contributed by atoms with Crippen molar-refractivity contribution >= 4 is 40.2 Å². The summed E-state index contributed by atoms with van der Waals surface area (Å²) in [4.78, 5) is 28.9. The van der Waals surface area contributed by atoms with E-state index >= 15 is 0 Å². The van der Waals surface area contributed by atoms with Crippen LogP contribution in [0.4, 0.5) is 17.1 Å². The number of aliphatic imine (C=N–C) groups is 1. The maximum atomic E-state index is 13.0. The van der Waals surface area contributed by atoms with Crippen LogP contribution in [0.15, 0.2) is 96.4 Å². The van der Waals surface area contributed by atoms with E-state index in [9.17, 15) is 4.79 Å². The molecule has 0 aliphatic carbocycles. The lowest BCUT2D eigenvalue weighted by molar-refractivity contribution is -0.192. The second kappa shape index (κ2) is 14.8. The van der Waals surface area contributed by atoms with Crippen molar-refractivity contribution in [3.05, 3.63) is 97.0 Å². The van der Waals surface area contributed by atoms with Gasteiger partial charge < -0.3 is 29.0 Å². The molecular formula is C40H46N8O4. The van der Waals surface area contributed by atoms with E-state index in [4.69, 9.17) is 14.2 Å². The molecule has 2 fully saturated rings. The van der Waals surface area contributed by atoms with Crippen LogP contribution in [-0.4, -0.2) is 83.8 Å². The molecule has 1 amide bonds. The fourth-order valence-corrected chi connectivity index (χ4v) is 7.22. The summed E-state index contributed by atoms with van der Waals surface area (Å²) < 4.78 is 19.2. The van der Waals surface area contributed by atoms with Crippen molar-refractivity contribution in [3.63, 3.8) is 0 Å². The van der Waals surface area contributed by atoms with Crippen molar-refractivity contribution < 1.29 is 19.0 Å². The number of amides is 1. The molecule has 270 valence electrons. The quantitative estimate of drug-likeness (QED) is 0.159. The van der Waals surface area contributed by atoms with Crippen LogP contribution in [-0.2, 0) is 26.6 Å². The van der Waals surface area contributed by atoms with Gasteiger partial charge in [-0.05, 0) is 84.8 Å². The van der Waals surface area contributed by atoms with E-state index in [2.05, 4.69) is 80.2 Å². The molecule has 4 atom stereocenters. The van der Waals surface area contributed by atoms with Gasteiger partial charge in [-0.1, -0.05) is 32.4 Å². The molecule has 12 nitrogen and oxygen atoms in total. The molecule has 1 N–H and O–H groups in total. The van der Waals surface area contributed by atoms with Gasteiger partial charge in [0.2, 0.25) is 5.79 Å². The van der Waals surface area contributed by atoms with Gasteiger partial charge in [-0.3, -0.25) is 14.7 Å². The monoisotopic (exact) mass is 702 g/mol. The van der Waals surface area contributed by atoms with Gasteiger partial charge in [0.05, 0.1) is 31.0 Å². The van der Waals surface area contributed by atoms with Gasteiger partial charge in [0.15, 0.2) is 0 Å². The Hall–Kier alpha value is -5.20. The zero-order valence-corrected chi connectivity index (χ0v) is 29.8. The van der Waals surface area contributed by atoms with E-state index in [-0.39, 0.29) is 18.1 Å². The summed E-state index contributed by atoms with van der Waals surface area (Å²) in [6.45, 7) is 9.12. The number of nitrogens with one attached hydrogen (secondary N) is 1. The van der Waals surface area contributed by atoms with Gasteiger partial charge in [-0.25, -0.2) is 0 Å². The molecule has 0 bridgehead atoms. The fraction of sp³-hybridized carbons (Fsp3) is 0.400. The van der Waals surface area contributed by atoms with E-state index in [1.165, 1.54) is 5.69 Å². The molecule has 2 saturated heterocycles. The molecule has 3 aromatic carbocycles. The average Bonchev–Trinajstić information content (AvgIpc) is 4.02. The highest BCUT2D eigenvalue weighted by Gasteiger charge is 2.45. The average molecular weight is 703 g/mol. The van der Waals surface area contributed by atoms with Crippen LogP contribution in [0.3, 0.4) is 0 Å². The second-order valence-corrected chi connectivity index (χ2v) is 14.0. The highest BCUT2D eigenvalue weighted by Crippen LogP contribution is 2.37. The summed E-state index contributed by atoms with van der Waals surface area (Å²) in [6.07, 6.45) is 9.62. The Kier molecular flexibility index (Phi) is 9.66. The van der Waals surface area contributed by atoms with E-state index in [1.807, 2.05) is 42.6 Å². The zero-order chi connectivity index (χ0) is 35.5. The Bertz CT molecular complexity index is 1970. The third-order valence-corrected chi connectivity index (χ3v) is 10.6. The third-order valence-electron chi connectivity index (χ3n) is 10.6. The highest BCUT2D eigenvalue weighted by atomic mass is 16.8. The lowest BCUT2D eigenvalue weighted by Gasteiger charge is -2.37. The Balaban J connectivity index is 0.825. The number of carbonyl (C=O) groups is 1. The van der Waals surface area contributed by atoms with E-state index < -0.39 is 5.79 Å². The lowest BCUT2D eigenvalue weighted by atomic mass is 9.99. The van der Waals surface area contributed by atoms with Gasteiger partial charge in [0.1, 0.15) is 31.0 Å². The minimum Gasteiger partial charge on any atom is -0.491 e. The first-order valence-corrected chi connectivity index (χ1v) is 18.4. The summed E-state index contributed by atoms with van der Waals surface area (Å²) in [5.41, 5.74) is 5.12. The number of hydrogen-bond donors (Lipinski definition) is 1. The van der Waals surface area contributed by atoms with Crippen LogP contribution in [0.2, 0.25) is 0 Å². The second-order valence-electron chi connectivity index (χ2n) is 14.0. The standard InChI is InChI=1S/C40H46N8O4/c1-3-29(2)4-15-37-39(49)47(28-42-37)34-9-7-32(8-10-34)45-20-22-46(23-21-45)33-11-13-35(14-12-33)50-25-36-26-51-40(52-36,27-48-43-18-19-44-48)31-6-5-30-16-17-41-38(30)24-31/h5-14,16-19,24,28-29,36-37,41H,3-4,15,20-23,25-27H2,1-2H3. The Morgan fingerprint density at radius 2 is 1.62 bits per heavy atom. The van der Waals surface area contributed by atoms with E-state index in [0.29, 0.717) is 25.7 Å². The molecule has 4 unspecified atom stereocenters. The lowest BCUT2D eigenvalue weighted by Crippen LogP contribution is -2.46. The van der Waals surface area contributed by atoms with Crippen LogP contribution >= 0.6 is 0 Å². The summed E-state index contributed by atoms with van der Waals surface area (Å²) >= 11 is 0. The molecule has 5 heterocycles. The number of piperazine rings is 1. The number of aromatic amines is 1. The number of anilines is 3. The zero-order valence-electron chi connectivity index (χ0n) is 29.8. The highest BCUT2D eigenvalue weighted by molar-refractivity contribution is 6.14. The first kappa shape index (κ1) is 33.9. The van der Waals surface area contributed by atoms with Crippen LogP contribution in [0.25, 0.3) is 10.9 Å². The molecule has 0 radical (unpaired) electrons. The number of rotatable bonds is 13. The number of carbonyl (C=O) groups excluding carboxylic acids is 1. The van der Waals surface area contributed by atoms with Crippen LogP contribution in [0.5, 0.6) is 5.75 Å². The molecule has 8 rings (SSSR count). The van der Waals surface area contributed by atoms with Gasteiger partial charge in [0.25, 0.3) is 5.91 Å². The van der Waals surface area contributed by atoms with Crippen molar-refractivity contribution in [3.8, 4) is 5.75 Å². The van der Waals surface area contributed by atoms with Gasteiger partial charge in [0, 0.05) is 54.8 Å². The van der Waals surface area contributed by atoms with Crippen molar-refractivity contribution in [2.45, 2.75) is 57.6 Å². The number of benzene rings is 3. The number of nitrogens with zero attached hydrogens (tertiary/aromatic N) is 7. The number of aromatic nitrogens is 4. The van der Waals surface area contributed by atoms with Gasteiger partial charge >= 0.3 is 0 Å². The Labute approximate surface area is 304 Å². The smallest absolute Gasteiger partial charge is 0.257 e. The number of hydrogen-bond acceptors (Lipinski definition) is 9. The topological polar surface area (TPSA) is 113 Å². The maximum Gasteiger partial charge on any atom is 0.257 e. The van der Waals surface area contributed by atoms with E-state index in [1.54, 1.807) is 28.4 Å². The molecule has 3 aliphatic rings. The molecule has 3 aliphatic heterocycles. The largest absolute Gasteiger partial charge is 0.491 e. The van der Waals surface area contributed by atoms with Crippen molar-refractivity contribution in [2.75, 3.05) is 54.1 Å². The predicted octanol–water partition coefficient (Wildman–Crippen LogP) is 6.00. The van der Waals surface area contributed by atoms with Gasteiger partial charge in [-0.2, -0.15) is 15.0 Å². The van der Waals surface area contributed by atoms with Crippen LogP contribution in [0.1, 0.15) is 38.7 Å². The van der Waals surface area contributed by atoms with Crippen molar-refractivity contribution in [1.29, 1.82) is 0 Å². The molecule has 5 aromatic rings. The summed E-state index contributed by atoms with van der Waals surface area (Å²) in [6, 6.07) is 24.5. The van der Waals surface area contributed by atoms with Crippen LogP contribution in [0, 0.1) is 5.92 Å². The molecule has 52 heavy (non-hydrogen) atoms. The minimum absolute atomic E-state index is 0.0738. The van der Waals surface area contributed by atoms with E-state index in [0.717, 1.165) is 79.0 Å². The number of ether oxygens (including phenoxy) is 3.